The third-order valence-electron chi connectivity index (χ3n) is 3.00. The second kappa shape index (κ2) is 5.19. The minimum atomic E-state index is 0.131. The number of nitrogens with one attached hydrogen (secondary N) is 1. The van der Waals surface area contributed by atoms with Crippen LogP contribution >= 0.6 is 0 Å². The van der Waals surface area contributed by atoms with Gasteiger partial charge in [0.2, 0.25) is 5.91 Å². The number of anilines is 1. The normalized spacial score (nSPS) is 15.2. The van der Waals surface area contributed by atoms with E-state index in [1.54, 1.807) is 4.90 Å². The van der Waals surface area contributed by atoms with E-state index in [1.807, 2.05) is 38.2 Å². The monoisotopic (exact) mass is 234 g/mol. The molecule has 1 saturated heterocycles. The zero-order valence-electron chi connectivity index (χ0n) is 10.3. The zero-order chi connectivity index (χ0) is 12.3. The van der Waals surface area contributed by atoms with Gasteiger partial charge >= 0.3 is 0 Å². The smallest absolute Gasteiger partial charge is 0.232 e. The highest BCUT2D eigenvalue weighted by Gasteiger charge is 2.28. The second-order valence-corrected chi connectivity index (χ2v) is 4.18. The van der Waals surface area contributed by atoms with E-state index in [1.165, 1.54) is 0 Å². The molecule has 0 unspecified atom stereocenters. The Bertz CT molecular complexity index is 385. The zero-order valence-corrected chi connectivity index (χ0v) is 10.3. The van der Waals surface area contributed by atoms with Crippen LogP contribution in [0.2, 0.25) is 0 Å². The lowest BCUT2D eigenvalue weighted by Crippen LogP contribution is -2.51. The molecular formula is C13H18N2O2. The summed E-state index contributed by atoms with van der Waals surface area (Å²) in [6.07, 6.45) is 0. The first-order valence-electron chi connectivity index (χ1n) is 5.93. The van der Waals surface area contributed by atoms with E-state index in [9.17, 15) is 4.79 Å². The van der Waals surface area contributed by atoms with Crippen molar-refractivity contribution in [1.29, 1.82) is 0 Å². The summed E-state index contributed by atoms with van der Waals surface area (Å²) in [5, 5.41) is 3.11. The van der Waals surface area contributed by atoms with Gasteiger partial charge < -0.3 is 15.0 Å². The van der Waals surface area contributed by atoms with E-state index < -0.39 is 0 Å². The number of benzene rings is 1. The van der Waals surface area contributed by atoms with Gasteiger partial charge in [0, 0.05) is 25.8 Å². The molecule has 0 aromatic heterocycles. The number of hydrogen-bond donors (Lipinski definition) is 1. The van der Waals surface area contributed by atoms with E-state index in [-0.39, 0.29) is 11.8 Å². The maximum Gasteiger partial charge on any atom is 0.232 e. The van der Waals surface area contributed by atoms with Gasteiger partial charge in [0.25, 0.3) is 0 Å². The minimum Gasteiger partial charge on any atom is -0.494 e. The van der Waals surface area contributed by atoms with Crippen molar-refractivity contribution in [3.05, 3.63) is 24.3 Å². The molecule has 1 amide bonds. The lowest BCUT2D eigenvalue weighted by atomic mass is 10.0. The van der Waals surface area contributed by atoms with Gasteiger partial charge in [0.15, 0.2) is 0 Å². The van der Waals surface area contributed by atoms with Crippen LogP contribution < -0.4 is 15.0 Å². The highest BCUT2D eigenvalue weighted by atomic mass is 16.5. The van der Waals surface area contributed by atoms with Crippen molar-refractivity contribution < 1.29 is 9.53 Å². The Morgan fingerprint density at radius 1 is 1.41 bits per heavy atom. The Labute approximate surface area is 102 Å². The number of nitrogens with zero attached hydrogens (tertiary/aromatic N) is 1. The van der Waals surface area contributed by atoms with Gasteiger partial charge in [0.1, 0.15) is 5.75 Å². The molecule has 4 nitrogen and oxygen atoms in total. The molecule has 1 aliphatic heterocycles. The van der Waals surface area contributed by atoms with E-state index >= 15 is 0 Å². The average molecular weight is 234 g/mol. The Morgan fingerprint density at radius 2 is 2.06 bits per heavy atom. The lowest BCUT2D eigenvalue weighted by Gasteiger charge is -2.30. The van der Waals surface area contributed by atoms with Crippen molar-refractivity contribution in [2.24, 2.45) is 5.92 Å². The van der Waals surface area contributed by atoms with Gasteiger partial charge in [-0.2, -0.15) is 0 Å². The maximum absolute atomic E-state index is 12.0. The quantitative estimate of drug-likeness (QED) is 0.853. The number of ether oxygens (including phenoxy) is 1. The minimum absolute atomic E-state index is 0.131. The Morgan fingerprint density at radius 3 is 2.53 bits per heavy atom. The topological polar surface area (TPSA) is 41.6 Å². The highest BCUT2D eigenvalue weighted by Crippen LogP contribution is 2.20. The van der Waals surface area contributed by atoms with Crippen molar-refractivity contribution >= 4 is 11.6 Å². The van der Waals surface area contributed by atoms with Crippen molar-refractivity contribution in [3.8, 4) is 5.75 Å². The first kappa shape index (κ1) is 11.9. The standard InChI is InChI=1S/C13H18N2O2/c1-3-17-12-6-4-11(5-7-12)15(2)13(16)10-8-14-9-10/h4-7,10,14H,3,8-9H2,1-2H3. The Hall–Kier alpha value is -1.55. The number of hydrogen-bond acceptors (Lipinski definition) is 3. The van der Waals surface area contributed by atoms with E-state index in [2.05, 4.69) is 5.32 Å². The first-order chi connectivity index (χ1) is 8.22. The van der Waals surface area contributed by atoms with Crippen LogP contribution in [0.15, 0.2) is 24.3 Å². The maximum atomic E-state index is 12.0. The summed E-state index contributed by atoms with van der Waals surface area (Å²) in [5.74, 6) is 1.14. The van der Waals surface area contributed by atoms with Gasteiger partial charge in [-0.3, -0.25) is 4.79 Å². The van der Waals surface area contributed by atoms with E-state index in [4.69, 9.17) is 4.74 Å². The summed E-state index contributed by atoms with van der Waals surface area (Å²) in [7, 11) is 1.82. The molecule has 1 aliphatic rings. The summed E-state index contributed by atoms with van der Waals surface area (Å²) in [4.78, 5) is 13.7. The van der Waals surface area contributed by atoms with Gasteiger partial charge in [0.05, 0.1) is 12.5 Å². The molecule has 0 atom stereocenters. The Kier molecular flexibility index (Phi) is 3.64. The van der Waals surface area contributed by atoms with Crippen LogP contribution in [0.4, 0.5) is 5.69 Å². The molecule has 0 bridgehead atoms. The fourth-order valence-corrected chi connectivity index (χ4v) is 1.80. The molecule has 2 rings (SSSR count). The van der Waals surface area contributed by atoms with Crippen LogP contribution in [0, 0.1) is 5.92 Å². The third-order valence-corrected chi connectivity index (χ3v) is 3.00. The van der Waals surface area contributed by atoms with Crippen molar-refractivity contribution in [1.82, 2.24) is 5.32 Å². The van der Waals surface area contributed by atoms with E-state index in [0.717, 1.165) is 24.5 Å². The molecule has 0 spiro atoms. The predicted molar refractivity (Wildman–Crippen MR) is 67.4 cm³/mol. The summed E-state index contributed by atoms with van der Waals surface area (Å²) >= 11 is 0. The van der Waals surface area contributed by atoms with Gasteiger partial charge in [-0.15, -0.1) is 0 Å². The van der Waals surface area contributed by atoms with Crippen LogP contribution in [-0.4, -0.2) is 32.7 Å². The molecule has 4 heteroatoms. The van der Waals surface area contributed by atoms with Crippen LogP contribution in [-0.2, 0) is 4.79 Å². The molecule has 1 fully saturated rings. The van der Waals surface area contributed by atoms with Gasteiger partial charge in [-0.1, -0.05) is 0 Å². The first-order valence-corrected chi connectivity index (χ1v) is 5.93. The molecule has 1 N–H and O–H groups in total. The van der Waals surface area contributed by atoms with Crippen LogP contribution in [0.3, 0.4) is 0 Å². The molecule has 1 aromatic carbocycles. The summed E-state index contributed by atoms with van der Waals surface area (Å²) in [6, 6.07) is 7.60. The van der Waals surface area contributed by atoms with Crippen molar-refractivity contribution in [2.75, 3.05) is 31.6 Å². The molecule has 0 saturated carbocycles. The number of amides is 1. The number of carbonyl (C=O) groups is 1. The Balaban J connectivity index is 2.02. The molecule has 17 heavy (non-hydrogen) atoms. The van der Waals surface area contributed by atoms with Crippen LogP contribution in [0.25, 0.3) is 0 Å². The van der Waals surface area contributed by atoms with Crippen LogP contribution in [0.1, 0.15) is 6.92 Å². The van der Waals surface area contributed by atoms with Crippen molar-refractivity contribution in [3.63, 3.8) is 0 Å². The lowest BCUT2D eigenvalue weighted by molar-refractivity contribution is -0.123. The van der Waals surface area contributed by atoms with E-state index in [0.29, 0.717) is 6.61 Å². The summed E-state index contributed by atoms with van der Waals surface area (Å²) in [5.41, 5.74) is 0.908. The summed E-state index contributed by atoms with van der Waals surface area (Å²) in [6.45, 7) is 4.19. The molecular weight excluding hydrogens is 216 g/mol. The molecule has 0 radical (unpaired) electrons. The second-order valence-electron chi connectivity index (χ2n) is 4.18. The van der Waals surface area contributed by atoms with Crippen molar-refractivity contribution in [2.45, 2.75) is 6.92 Å². The fourth-order valence-electron chi connectivity index (χ4n) is 1.80. The predicted octanol–water partition coefficient (Wildman–Crippen LogP) is 1.27. The fraction of sp³-hybridized carbons (Fsp3) is 0.462. The number of carbonyl (C=O) groups excluding carboxylic acids is 1. The van der Waals surface area contributed by atoms with Gasteiger partial charge in [-0.05, 0) is 31.2 Å². The number of rotatable bonds is 4. The molecule has 1 heterocycles. The largest absolute Gasteiger partial charge is 0.494 e. The third kappa shape index (κ3) is 2.58. The molecule has 92 valence electrons. The molecule has 0 aliphatic carbocycles. The van der Waals surface area contributed by atoms with Crippen LogP contribution in [0.5, 0.6) is 5.75 Å². The summed E-state index contributed by atoms with van der Waals surface area (Å²) < 4.78 is 5.37. The molecule has 1 aromatic rings. The van der Waals surface area contributed by atoms with Gasteiger partial charge in [-0.25, -0.2) is 0 Å². The SMILES string of the molecule is CCOc1ccc(N(C)C(=O)C2CNC2)cc1. The highest BCUT2D eigenvalue weighted by molar-refractivity contribution is 5.95. The average Bonchev–Trinajstić information content (AvgIpc) is 2.27.